The summed E-state index contributed by atoms with van der Waals surface area (Å²) in [5.41, 5.74) is 0. The van der Waals surface area contributed by atoms with Gasteiger partial charge in [-0.2, -0.15) is 0 Å². The van der Waals surface area contributed by atoms with E-state index in [-0.39, 0.29) is 86.2 Å². The van der Waals surface area contributed by atoms with Gasteiger partial charge in [0.2, 0.25) is 0 Å². The molecule has 4 heteroatoms. The Morgan fingerprint density at radius 3 is 1.00 bits per heavy atom. The van der Waals surface area contributed by atoms with Crippen LogP contribution in [0.4, 0.5) is 0 Å². The molecule has 0 rings (SSSR count). The van der Waals surface area contributed by atoms with Gasteiger partial charge in [-0.05, 0) is 0 Å². The molecule has 0 spiro atoms. The van der Waals surface area contributed by atoms with Crippen LogP contribution in [0.1, 0.15) is 0 Å². The molecule has 0 bridgehead atoms. The minimum Gasteiger partial charge on any atom is 0 e. The van der Waals surface area contributed by atoms with Gasteiger partial charge in [-0.1, -0.05) is 0 Å². The smallest absolute Gasteiger partial charge is 0 e. The Morgan fingerprint density at radius 2 is 1.00 bits per heavy atom. The third-order valence-electron chi connectivity index (χ3n) is 0. The SMILES string of the molecule is [Au].[Pt].[Ti].[W]. The quantitative estimate of drug-likeness (QED) is 0.334. The second kappa shape index (κ2) is 17.0. The Bertz CT molecular complexity index is 8.00. The first-order valence-electron chi connectivity index (χ1n) is 0. The van der Waals surface area contributed by atoms with Crippen LogP contribution in [0.2, 0.25) is 0 Å². The van der Waals surface area contributed by atoms with Gasteiger partial charge in [0.25, 0.3) is 0 Å². The molecule has 0 nitrogen and oxygen atoms in total. The standard InChI is InChI=1S/Au.Pt.Ti.W. The molecule has 0 amide bonds. The van der Waals surface area contributed by atoms with Crippen molar-refractivity contribution in [2.75, 3.05) is 0 Å². The minimum absolute atomic E-state index is 0. The van der Waals surface area contributed by atoms with Crippen LogP contribution < -0.4 is 0 Å². The zero-order valence-electron chi connectivity index (χ0n) is 1.53. The zero-order valence-corrected chi connectivity index (χ0v) is 10.5. The fourth-order valence-corrected chi connectivity index (χ4v) is 0. The van der Waals surface area contributed by atoms with Crippen LogP contribution >= 0.6 is 0 Å². The molecule has 0 N–H and O–H groups in total. The van der Waals surface area contributed by atoms with Gasteiger partial charge in [-0.3, -0.25) is 0 Å². The molecule has 0 fully saturated rings. The summed E-state index contributed by atoms with van der Waals surface area (Å²) in [7, 11) is 0. The topological polar surface area (TPSA) is 0 Å². The molecule has 0 atom stereocenters. The fraction of sp³-hybridized carbons (Fsp3) is 0. The van der Waals surface area contributed by atoms with E-state index >= 15 is 0 Å². The number of rotatable bonds is 0. The van der Waals surface area contributed by atoms with Crippen LogP contribution in [0.5, 0.6) is 0 Å². The fourth-order valence-electron chi connectivity index (χ4n) is 0. The Hall–Kier alpha value is 2.83. The van der Waals surface area contributed by atoms with Crippen LogP contribution in [0, 0.1) is 0 Å². The van der Waals surface area contributed by atoms with E-state index in [1.54, 1.807) is 0 Å². The van der Waals surface area contributed by atoms with E-state index in [0.29, 0.717) is 0 Å². The van der Waals surface area contributed by atoms with Crippen molar-refractivity contribution < 1.29 is 86.2 Å². The normalized spacial score (nSPS) is 0. The van der Waals surface area contributed by atoms with E-state index in [1.165, 1.54) is 0 Å². The summed E-state index contributed by atoms with van der Waals surface area (Å²) in [6.45, 7) is 0. The van der Waals surface area contributed by atoms with Gasteiger partial charge in [0.15, 0.2) is 0 Å². The number of hydrogen-bond donors (Lipinski definition) is 0. The molecule has 0 aliphatic carbocycles. The van der Waals surface area contributed by atoms with Gasteiger partial charge in [0.05, 0.1) is 0 Å². The largest absolute Gasteiger partial charge is 0 e. The third-order valence-corrected chi connectivity index (χ3v) is 0. The maximum Gasteiger partial charge on any atom is 0 e. The van der Waals surface area contributed by atoms with Crippen LogP contribution in [0.3, 0.4) is 0 Å². The molecule has 0 saturated heterocycles. The Labute approximate surface area is 84.8 Å². The first-order chi connectivity index (χ1) is 0. The van der Waals surface area contributed by atoms with Crippen LogP contribution in [0.15, 0.2) is 0 Å². The number of hydrogen-bond acceptors (Lipinski definition) is 0. The van der Waals surface area contributed by atoms with Crippen LogP contribution in [-0.4, -0.2) is 0 Å². The average Bonchev–Trinajstić information content (AvgIpc) is 0. The summed E-state index contributed by atoms with van der Waals surface area (Å²) >= 11 is 0. The van der Waals surface area contributed by atoms with Gasteiger partial charge in [-0.25, -0.2) is 0 Å². The molecule has 0 aromatic carbocycles. The molecule has 0 unspecified atom stereocenters. The Morgan fingerprint density at radius 1 is 1.00 bits per heavy atom. The van der Waals surface area contributed by atoms with E-state index < -0.39 is 0 Å². The Balaban J connectivity index is 0. The minimum atomic E-state index is 0. The molecular weight excluding hydrogens is 624 g/mol. The summed E-state index contributed by atoms with van der Waals surface area (Å²) in [6.07, 6.45) is 0. The van der Waals surface area contributed by atoms with Gasteiger partial charge in [0, 0.05) is 86.2 Å². The molecule has 0 aromatic heterocycles. The molecule has 0 saturated carbocycles. The first-order valence-corrected chi connectivity index (χ1v) is 0. The third kappa shape index (κ3) is 8.85. The first kappa shape index (κ1) is 29.0. The zero-order chi connectivity index (χ0) is 0. The molecule has 0 aliphatic rings. The monoisotopic (exact) mass is 624 g/mol. The van der Waals surface area contributed by atoms with Crippen molar-refractivity contribution in [3.05, 3.63) is 0 Å². The van der Waals surface area contributed by atoms with Crippen molar-refractivity contribution in [1.29, 1.82) is 0 Å². The average molecular weight is 624 g/mol. The van der Waals surface area contributed by atoms with Crippen molar-refractivity contribution in [2.24, 2.45) is 0 Å². The molecule has 0 aliphatic heterocycles. The second-order valence-electron chi connectivity index (χ2n) is 0. The van der Waals surface area contributed by atoms with Gasteiger partial charge >= 0.3 is 0 Å². The van der Waals surface area contributed by atoms with Crippen molar-refractivity contribution in [1.82, 2.24) is 0 Å². The van der Waals surface area contributed by atoms with E-state index in [2.05, 4.69) is 0 Å². The molecule has 0 heterocycles. The summed E-state index contributed by atoms with van der Waals surface area (Å²) in [5.74, 6) is 0. The molecule has 0 aromatic rings. The summed E-state index contributed by atoms with van der Waals surface area (Å²) in [4.78, 5) is 0. The van der Waals surface area contributed by atoms with Crippen LogP contribution in [-0.2, 0) is 86.2 Å². The van der Waals surface area contributed by atoms with E-state index in [1.807, 2.05) is 0 Å². The predicted molar refractivity (Wildman–Crippen MR) is 0 cm³/mol. The molecule has 1 radical (unpaired) electrons. The molecule has 4 heavy (non-hydrogen) atoms. The van der Waals surface area contributed by atoms with Crippen LogP contribution in [0.25, 0.3) is 0 Å². The van der Waals surface area contributed by atoms with Gasteiger partial charge in [-0.15, -0.1) is 0 Å². The van der Waals surface area contributed by atoms with E-state index in [9.17, 15) is 0 Å². The maximum absolute atomic E-state index is 0. The second-order valence-corrected chi connectivity index (χ2v) is 0. The summed E-state index contributed by atoms with van der Waals surface area (Å²) in [5, 5.41) is 0. The summed E-state index contributed by atoms with van der Waals surface area (Å²) in [6, 6.07) is 0. The molecule has 31 valence electrons. The van der Waals surface area contributed by atoms with Gasteiger partial charge < -0.3 is 0 Å². The predicted octanol–water partition coefficient (Wildman–Crippen LogP) is -0.0100. The van der Waals surface area contributed by atoms with E-state index in [4.69, 9.17) is 0 Å². The van der Waals surface area contributed by atoms with Crippen molar-refractivity contribution >= 4 is 0 Å². The maximum atomic E-state index is 0. The van der Waals surface area contributed by atoms with Gasteiger partial charge in [0.1, 0.15) is 0 Å². The summed E-state index contributed by atoms with van der Waals surface area (Å²) < 4.78 is 0. The molecular formula is AuPtTiW. The van der Waals surface area contributed by atoms with Crippen molar-refractivity contribution in [3.8, 4) is 0 Å². The van der Waals surface area contributed by atoms with Crippen molar-refractivity contribution in [2.45, 2.75) is 0 Å². The Kier molecular flexibility index (Phi) is 123. The van der Waals surface area contributed by atoms with Crippen molar-refractivity contribution in [3.63, 3.8) is 0 Å². The van der Waals surface area contributed by atoms with E-state index in [0.717, 1.165) is 0 Å².